The molecule has 0 aromatic rings. The van der Waals surface area contributed by atoms with Gasteiger partial charge in [-0.05, 0) is 26.7 Å². The molecule has 5 nitrogen and oxygen atoms in total. The van der Waals surface area contributed by atoms with Gasteiger partial charge in [0.05, 0.1) is 19.3 Å². The molecule has 3 N–H and O–H groups in total. The van der Waals surface area contributed by atoms with Crippen LogP contribution in [-0.4, -0.2) is 55.3 Å². The summed E-state index contributed by atoms with van der Waals surface area (Å²) in [7, 11) is 0. The Morgan fingerprint density at radius 2 is 2.29 bits per heavy atom. The molecule has 2 aliphatic rings. The lowest BCUT2D eigenvalue weighted by molar-refractivity contribution is -0.0259. The molecule has 1 aliphatic carbocycles. The smallest absolute Gasteiger partial charge is 0.188 e. The maximum absolute atomic E-state index is 5.77. The zero-order valence-electron chi connectivity index (χ0n) is 10.9. The molecular formula is C12H24N4O. The molecule has 1 saturated carbocycles. The average Bonchev–Trinajstić information content (AvgIpc) is 3.10. The first-order valence-corrected chi connectivity index (χ1v) is 6.57. The lowest BCUT2D eigenvalue weighted by Gasteiger charge is -2.32. The highest BCUT2D eigenvalue weighted by Gasteiger charge is 2.32. The van der Waals surface area contributed by atoms with Crippen LogP contribution in [-0.2, 0) is 4.74 Å². The van der Waals surface area contributed by atoms with E-state index in [1.807, 2.05) is 13.8 Å². The summed E-state index contributed by atoms with van der Waals surface area (Å²) >= 11 is 0. The standard InChI is InChI=1S/C12H24N4O/c1-9(2)15-12(13)14-7-11-8-16(5-6-17-11)10-3-4-10/h9-11H,3-8H2,1-2H3,(H3,13,14,15). The fourth-order valence-electron chi connectivity index (χ4n) is 2.17. The number of ether oxygens (including phenoxy) is 1. The topological polar surface area (TPSA) is 62.9 Å². The Labute approximate surface area is 103 Å². The van der Waals surface area contributed by atoms with Gasteiger partial charge in [-0.15, -0.1) is 0 Å². The molecule has 0 aromatic heterocycles. The monoisotopic (exact) mass is 240 g/mol. The first-order chi connectivity index (χ1) is 8.15. The summed E-state index contributed by atoms with van der Waals surface area (Å²) in [5, 5.41) is 3.09. The predicted molar refractivity (Wildman–Crippen MR) is 69.1 cm³/mol. The van der Waals surface area contributed by atoms with Gasteiger partial charge in [0.25, 0.3) is 0 Å². The van der Waals surface area contributed by atoms with Gasteiger partial charge in [0, 0.05) is 25.2 Å². The van der Waals surface area contributed by atoms with E-state index in [9.17, 15) is 0 Å². The number of guanidine groups is 1. The average molecular weight is 240 g/mol. The Hall–Kier alpha value is -0.810. The van der Waals surface area contributed by atoms with Crippen LogP contribution >= 0.6 is 0 Å². The van der Waals surface area contributed by atoms with E-state index in [-0.39, 0.29) is 6.10 Å². The summed E-state index contributed by atoms with van der Waals surface area (Å²) < 4.78 is 5.71. The minimum atomic E-state index is 0.205. The van der Waals surface area contributed by atoms with Crippen molar-refractivity contribution in [2.24, 2.45) is 10.7 Å². The number of hydrogen-bond acceptors (Lipinski definition) is 3. The van der Waals surface area contributed by atoms with E-state index in [0.29, 0.717) is 18.5 Å². The molecule has 98 valence electrons. The summed E-state index contributed by atoms with van der Waals surface area (Å²) in [6.07, 6.45) is 2.91. The summed E-state index contributed by atoms with van der Waals surface area (Å²) in [5.41, 5.74) is 5.77. The third-order valence-electron chi connectivity index (χ3n) is 3.14. The van der Waals surface area contributed by atoms with Crippen LogP contribution in [0.1, 0.15) is 26.7 Å². The molecule has 0 amide bonds. The van der Waals surface area contributed by atoms with Gasteiger partial charge in [0.2, 0.25) is 0 Å². The number of aliphatic imine (C=N–C) groups is 1. The van der Waals surface area contributed by atoms with E-state index in [1.54, 1.807) is 0 Å². The molecule has 0 radical (unpaired) electrons. The molecule has 0 spiro atoms. The van der Waals surface area contributed by atoms with Crippen molar-refractivity contribution in [1.29, 1.82) is 0 Å². The van der Waals surface area contributed by atoms with Gasteiger partial charge in [-0.25, -0.2) is 0 Å². The third kappa shape index (κ3) is 4.16. The van der Waals surface area contributed by atoms with Crippen LogP contribution in [0.15, 0.2) is 4.99 Å². The highest BCUT2D eigenvalue weighted by molar-refractivity contribution is 5.78. The van der Waals surface area contributed by atoms with E-state index in [0.717, 1.165) is 25.7 Å². The quantitative estimate of drug-likeness (QED) is 0.543. The number of morpholine rings is 1. The lowest BCUT2D eigenvalue weighted by Crippen LogP contribution is -2.45. The largest absolute Gasteiger partial charge is 0.374 e. The molecule has 0 aromatic carbocycles. The van der Waals surface area contributed by atoms with E-state index < -0.39 is 0 Å². The molecular weight excluding hydrogens is 216 g/mol. The number of hydrogen-bond donors (Lipinski definition) is 2. The third-order valence-corrected chi connectivity index (χ3v) is 3.14. The van der Waals surface area contributed by atoms with Gasteiger partial charge in [0.15, 0.2) is 5.96 Å². The molecule has 1 atom stereocenters. The van der Waals surface area contributed by atoms with Crippen LogP contribution in [0.4, 0.5) is 0 Å². The number of rotatable bonds is 4. The van der Waals surface area contributed by atoms with Crippen LogP contribution in [0.3, 0.4) is 0 Å². The number of nitrogens with zero attached hydrogens (tertiary/aromatic N) is 2. The molecule has 17 heavy (non-hydrogen) atoms. The summed E-state index contributed by atoms with van der Waals surface area (Å²) in [5.74, 6) is 0.521. The number of nitrogens with one attached hydrogen (secondary N) is 1. The van der Waals surface area contributed by atoms with Crippen molar-refractivity contribution in [3.8, 4) is 0 Å². The predicted octanol–water partition coefficient (Wildman–Crippen LogP) is 0.162. The molecule has 1 unspecified atom stereocenters. The van der Waals surface area contributed by atoms with Gasteiger partial charge in [0.1, 0.15) is 0 Å². The van der Waals surface area contributed by atoms with Crippen molar-refractivity contribution >= 4 is 5.96 Å². The first-order valence-electron chi connectivity index (χ1n) is 6.57. The second-order valence-electron chi connectivity index (χ2n) is 5.24. The second kappa shape index (κ2) is 5.69. The highest BCUT2D eigenvalue weighted by atomic mass is 16.5. The van der Waals surface area contributed by atoms with Crippen LogP contribution in [0.2, 0.25) is 0 Å². The maximum atomic E-state index is 5.77. The van der Waals surface area contributed by atoms with Gasteiger partial charge >= 0.3 is 0 Å². The van der Waals surface area contributed by atoms with E-state index >= 15 is 0 Å². The van der Waals surface area contributed by atoms with Crippen molar-refractivity contribution in [2.75, 3.05) is 26.2 Å². The Morgan fingerprint density at radius 3 is 2.94 bits per heavy atom. The Balaban J connectivity index is 1.74. The molecule has 1 saturated heterocycles. The molecule has 1 aliphatic heterocycles. The van der Waals surface area contributed by atoms with Crippen LogP contribution in [0.25, 0.3) is 0 Å². The molecule has 1 heterocycles. The van der Waals surface area contributed by atoms with Crippen molar-refractivity contribution in [2.45, 2.75) is 44.9 Å². The molecule has 2 rings (SSSR count). The molecule has 5 heteroatoms. The van der Waals surface area contributed by atoms with Gasteiger partial charge in [-0.1, -0.05) is 0 Å². The van der Waals surface area contributed by atoms with Gasteiger partial charge < -0.3 is 15.8 Å². The second-order valence-corrected chi connectivity index (χ2v) is 5.24. The van der Waals surface area contributed by atoms with Crippen LogP contribution < -0.4 is 11.1 Å². The minimum absolute atomic E-state index is 0.205. The van der Waals surface area contributed by atoms with E-state index in [1.165, 1.54) is 12.8 Å². The molecule has 0 bridgehead atoms. The highest BCUT2D eigenvalue weighted by Crippen LogP contribution is 2.28. The fourth-order valence-corrected chi connectivity index (χ4v) is 2.17. The zero-order chi connectivity index (χ0) is 12.3. The Bertz CT molecular complexity index is 276. The van der Waals surface area contributed by atoms with E-state index in [4.69, 9.17) is 10.5 Å². The fraction of sp³-hybridized carbons (Fsp3) is 0.917. The summed E-state index contributed by atoms with van der Waals surface area (Å²) in [6.45, 7) is 7.67. The van der Waals surface area contributed by atoms with Crippen molar-refractivity contribution in [1.82, 2.24) is 10.2 Å². The maximum Gasteiger partial charge on any atom is 0.188 e. The lowest BCUT2D eigenvalue weighted by atomic mass is 10.2. The van der Waals surface area contributed by atoms with Gasteiger partial charge in [-0.2, -0.15) is 0 Å². The summed E-state index contributed by atoms with van der Waals surface area (Å²) in [6, 6.07) is 1.14. The number of nitrogens with two attached hydrogens (primary N) is 1. The van der Waals surface area contributed by atoms with Gasteiger partial charge in [-0.3, -0.25) is 9.89 Å². The Morgan fingerprint density at radius 1 is 1.53 bits per heavy atom. The SMILES string of the molecule is CC(C)NC(N)=NCC1CN(C2CC2)CCO1. The van der Waals surface area contributed by atoms with E-state index in [2.05, 4.69) is 15.2 Å². The van der Waals surface area contributed by atoms with Crippen LogP contribution in [0, 0.1) is 0 Å². The first kappa shape index (κ1) is 12.6. The normalized spacial score (nSPS) is 27.5. The van der Waals surface area contributed by atoms with Crippen molar-refractivity contribution < 1.29 is 4.74 Å². The minimum Gasteiger partial charge on any atom is -0.374 e. The summed E-state index contributed by atoms with van der Waals surface area (Å²) in [4.78, 5) is 6.86. The van der Waals surface area contributed by atoms with Crippen molar-refractivity contribution in [3.63, 3.8) is 0 Å². The Kier molecular flexibility index (Phi) is 4.23. The zero-order valence-corrected chi connectivity index (χ0v) is 10.9. The van der Waals surface area contributed by atoms with Crippen molar-refractivity contribution in [3.05, 3.63) is 0 Å². The molecule has 2 fully saturated rings. The van der Waals surface area contributed by atoms with Crippen LogP contribution in [0.5, 0.6) is 0 Å².